The summed E-state index contributed by atoms with van der Waals surface area (Å²) >= 11 is 0. The third kappa shape index (κ3) is 6.11. The average molecular weight is 361 g/mol. The second-order valence-electron chi connectivity index (χ2n) is 7.24. The van der Waals surface area contributed by atoms with Crippen LogP contribution >= 0.6 is 0 Å². The van der Waals surface area contributed by atoms with E-state index in [1.54, 1.807) is 0 Å². The van der Waals surface area contributed by atoms with E-state index in [1.165, 1.54) is 0 Å². The van der Waals surface area contributed by atoms with E-state index in [1.807, 2.05) is 39.0 Å². The highest BCUT2D eigenvalue weighted by molar-refractivity contribution is 5.93. The van der Waals surface area contributed by atoms with Crippen LogP contribution in [0.25, 0.3) is 0 Å². The van der Waals surface area contributed by atoms with Crippen LogP contribution in [0.5, 0.6) is 0 Å². The highest BCUT2D eigenvalue weighted by atomic mass is 16.2. The van der Waals surface area contributed by atoms with Crippen LogP contribution in [-0.2, 0) is 9.59 Å². The van der Waals surface area contributed by atoms with Crippen molar-refractivity contribution in [1.29, 1.82) is 0 Å². The molecule has 0 unspecified atom stereocenters. The minimum atomic E-state index is 0.0189. The lowest BCUT2D eigenvalue weighted by Gasteiger charge is -2.34. The first-order chi connectivity index (χ1) is 12.4. The number of aryl methyl sites for hydroxylation is 2. The monoisotopic (exact) mass is 360 g/mol. The van der Waals surface area contributed by atoms with Gasteiger partial charge >= 0.3 is 0 Å². The van der Waals surface area contributed by atoms with Crippen LogP contribution in [0.4, 0.5) is 5.69 Å². The second-order valence-corrected chi connectivity index (χ2v) is 7.24. The minimum absolute atomic E-state index is 0.0189. The van der Waals surface area contributed by atoms with Gasteiger partial charge in [0.15, 0.2) is 0 Å². The molecule has 0 radical (unpaired) electrons. The maximum atomic E-state index is 12.4. The number of anilines is 1. The molecule has 1 saturated heterocycles. The first kappa shape index (κ1) is 20.4. The first-order valence-corrected chi connectivity index (χ1v) is 9.49. The number of piperazine rings is 1. The smallest absolute Gasteiger partial charge is 0.238 e. The number of amides is 2. The molecule has 0 aliphatic carbocycles. The van der Waals surface area contributed by atoms with Crippen LogP contribution in [0.15, 0.2) is 18.2 Å². The van der Waals surface area contributed by atoms with Crippen molar-refractivity contribution in [2.45, 2.75) is 40.2 Å². The van der Waals surface area contributed by atoms with Crippen molar-refractivity contribution >= 4 is 17.5 Å². The molecule has 0 bridgehead atoms. The molecule has 0 spiro atoms. The molecular formula is C20H32N4O2. The molecule has 1 aliphatic rings. The maximum Gasteiger partial charge on any atom is 0.238 e. The standard InChI is InChI=1S/C20H32N4O2/c1-5-17(4)21-18(25)13-23-9-11-24(12-10-23)14-19(26)22-20-15(2)7-6-8-16(20)3/h6-8,17H,5,9-14H2,1-4H3,(H,21,25)(H,22,26)/t17-/m0/s1. The largest absolute Gasteiger partial charge is 0.353 e. The lowest BCUT2D eigenvalue weighted by molar-refractivity contribution is -0.124. The van der Waals surface area contributed by atoms with Crippen LogP contribution < -0.4 is 10.6 Å². The Balaban J connectivity index is 1.74. The molecule has 1 aromatic rings. The Labute approximate surface area is 156 Å². The predicted molar refractivity (Wildman–Crippen MR) is 105 cm³/mol. The summed E-state index contributed by atoms with van der Waals surface area (Å²) in [5.74, 6) is 0.103. The van der Waals surface area contributed by atoms with Gasteiger partial charge in [0.25, 0.3) is 0 Å². The molecule has 2 amide bonds. The number of benzene rings is 1. The SMILES string of the molecule is CC[C@H](C)NC(=O)CN1CCN(CC(=O)Nc2c(C)cccc2C)CC1. The summed E-state index contributed by atoms with van der Waals surface area (Å²) in [6.07, 6.45) is 0.939. The molecule has 1 fully saturated rings. The molecule has 6 nitrogen and oxygen atoms in total. The van der Waals surface area contributed by atoms with E-state index >= 15 is 0 Å². The Morgan fingerprint density at radius 2 is 1.50 bits per heavy atom. The van der Waals surface area contributed by atoms with E-state index in [9.17, 15) is 9.59 Å². The number of carbonyl (C=O) groups is 2. The fourth-order valence-electron chi connectivity index (χ4n) is 3.12. The minimum Gasteiger partial charge on any atom is -0.353 e. The molecule has 1 aromatic carbocycles. The Kier molecular flexibility index (Phi) is 7.60. The van der Waals surface area contributed by atoms with Gasteiger partial charge in [-0.3, -0.25) is 19.4 Å². The molecule has 6 heteroatoms. The fourth-order valence-corrected chi connectivity index (χ4v) is 3.12. The Bertz CT molecular complexity index is 604. The normalized spacial score (nSPS) is 16.9. The van der Waals surface area contributed by atoms with Crippen molar-refractivity contribution in [3.05, 3.63) is 29.3 Å². The third-order valence-corrected chi connectivity index (χ3v) is 4.96. The fraction of sp³-hybridized carbons (Fsp3) is 0.600. The highest BCUT2D eigenvalue weighted by Gasteiger charge is 2.21. The number of hydrogen-bond donors (Lipinski definition) is 2. The predicted octanol–water partition coefficient (Wildman–Crippen LogP) is 1.77. The van der Waals surface area contributed by atoms with Gasteiger partial charge in [-0.05, 0) is 38.3 Å². The number of carbonyl (C=O) groups excluding carboxylic acids is 2. The lowest BCUT2D eigenvalue weighted by Crippen LogP contribution is -2.51. The Hall–Kier alpha value is -1.92. The molecule has 1 atom stereocenters. The molecule has 0 saturated carbocycles. The molecule has 2 rings (SSSR count). The number of hydrogen-bond acceptors (Lipinski definition) is 4. The average Bonchev–Trinajstić information content (AvgIpc) is 2.60. The maximum absolute atomic E-state index is 12.4. The molecule has 2 N–H and O–H groups in total. The van der Waals surface area contributed by atoms with Gasteiger partial charge in [-0.2, -0.15) is 0 Å². The topological polar surface area (TPSA) is 64.7 Å². The zero-order chi connectivity index (χ0) is 19.1. The lowest BCUT2D eigenvalue weighted by atomic mass is 10.1. The van der Waals surface area contributed by atoms with Crippen molar-refractivity contribution in [2.75, 3.05) is 44.6 Å². The van der Waals surface area contributed by atoms with E-state index < -0.39 is 0 Å². The zero-order valence-electron chi connectivity index (χ0n) is 16.5. The van der Waals surface area contributed by atoms with Gasteiger partial charge in [0.05, 0.1) is 13.1 Å². The Morgan fingerprint density at radius 1 is 1.00 bits per heavy atom. The van der Waals surface area contributed by atoms with Crippen LogP contribution in [0.3, 0.4) is 0 Å². The molecule has 1 heterocycles. The van der Waals surface area contributed by atoms with E-state index in [4.69, 9.17) is 0 Å². The summed E-state index contributed by atoms with van der Waals surface area (Å²) < 4.78 is 0. The molecule has 0 aromatic heterocycles. The van der Waals surface area contributed by atoms with Gasteiger partial charge in [-0.25, -0.2) is 0 Å². The molecule has 1 aliphatic heterocycles. The van der Waals surface area contributed by atoms with E-state index in [-0.39, 0.29) is 17.9 Å². The number of rotatable bonds is 7. The summed E-state index contributed by atoms with van der Waals surface area (Å²) in [6.45, 7) is 12.1. The Morgan fingerprint density at radius 3 is 2.00 bits per heavy atom. The third-order valence-electron chi connectivity index (χ3n) is 4.96. The quantitative estimate of drug-likeness (QED) is 0.778. The van der Waals surface area contributed by atoms with Gasteiger partial charge < -0.3 is 10.6 Å². The van der Waals surface area contributed by atoms with Gasteiger partial charge in [0, 0.05) is 37.9 Å². The summed E-state index contributed by atoms with van der Waals surface area (Å²) in [5.41, 5.74) is 3.07. The van der Waals surface area contributed by atoms with Crippen molar-refractivity contribution in [3.63, 3.8) is 0 Å². The van der Waals surface area contributed by atoms with Gasteiger partial charge in [-0.1, -0.05) is 25.1 Å². The summed E-state index contributed by atoms with van der Waals surface area (Å²) in [4.78, 5) is 28.6. The summed E-state index contributed by atoms with van der Waals surface area (Å²) in [7, 11) is 0. The summed E-state index contributed by atoms with van der Waals surface area (Å²) in [5, 5.41) is 6.04. The van der Waals surface area contributed by atoms with Crippen LogP contribution in [0.1, 0.15) is 31.4 Å². The van der Waals surface area contributed by atoms with Crippen molar-refractivity contribution in [2.24, 2.45) is 0 Å². The van der Waals surface area contributed by atoms with Crippen LogP contribution in [0, 0.1) is 13.8 Å². The first-order valence-electron chi connectivity index (χ1n) is 9.49. The number of nitrogens with one attached hydrogen (secondary N) is 2. The van der Waals surface area contributed by atoms with E-state index in [2.05, 4.69) is 27.4 Å². The zero-order valence-corrected chi connectivity index (χ0v) is 16.5. The van der Waals surface area contributed by atoms with Gasteiger partial charge in [0.1, 0.15) is 0 Å². The summed E-state index contributed by atoms with van der Waals surface area (Å²) in [6, 6.07) is 6.23. The van der Waals surface area contributed by atoms with Crippen molar-refractivity contribution < 1.29 is 9.59 Å². The molecule has 26 heavy (non-hydrogen) atoms. The molecular weight excluding hydrogens is 328 g/mol. The van der Waals surface area contributed by atoms with E-state index in [0.717, 1.165) is 49.4 Å². The number of para-hydroxylation sites is 1. The van der Waals surface area contributed by atoms with Crippen molar-refractivity contribution in [3.8, 4) is 0 Å². The number of nitrogens with zero attached hydrogens (tertiary/aromatic N) is 2. The second kappa shape index (κ2) is 9.69. The van der Waals surface area contributed by atoms with Gasteiger partial charge in [-0.15, -0.1) is 0 Å². The van der Waals surface area contributed by atoms with Gasteiger partial charge in [0.2, 0.25) is 11.8 Å². The van der Waals surface area contributed by atoms with Crippen molar-refractivity contribution in [1.82, 2.24) is 15.1 Å². The van der Waals surface area contributed by atoms with Crippen LogP contribution in [0.2, 0.25) is 0 Å². The molecule has 144 valence electrons. The van der Waals surface area contributed by atoms with Crippen LogP contribution in [-0.4, -0.2) is 66.9 Å². The van der Waals surface area contributed by atoms with E-state index in [0.29, 0.717) is 13.1 Å². The highest BCUT2D eigenvalue weighted by Crippen LogP contribution is 2.19.